The molecular formula is C26H27N5O4S. The van der Waals surface area contributed by atoms with Crippen LogP contribution in [0.2, 0.25) is 0 Å². The van der Waals surface area contributed by atoms with E-state index in [0.717, 1.165) is 26.9 Å². The van der Waals surface area contributed by atoms with Gasteiger partial charge < -0.3 is 20.4 Å². The fraction of sp³-hybridized carbons (Fsp3) is 0.192. The number of carbonyl (C=O) groups excluding carboxylic acids is 3. The lowest BCUT2D eigenvalue weighted by atomic mass is 10.0. The summed E-state index contributed by atoms with van der Waals surface area (Å²) in [6.45, 7) is 0.0602. The molecule has 2 atom stereocenters. The number of para-hydroxylation sites is 1. The largest absolute Gasteiger partial charge is 0.445 e. The van der Waals surface area contributed by atoms with E-state index in [2.05, 4.69) is 21.0 Å². The van der Waals surface area contributed by atoms with Crippen molar-refractivity contribution in [2.24, 2.45) is 5.84 Å². The lowest BCUT2D eigenvalue weighted by Crippen LogP contribution is -2.56. The van der Waals surface area contributed by atoms with Gasteiger partial charge in [0.15, 0.2) is 0 Å². The van der Waals surface area contributed by atoms with Gasteiger partial charge in [-0.25, -0.2) is 10.6 Å². The molecule has 0 fully saturated rings. The summed E-state index contributed by atoms with van der Waals surface area (Å²) in [5.74, 6) is 4.30. The van der Waals surface area contributed by atoms with Crippen molar-refractivity contribution in [2.45, 2.75) is 31.5 Å². The van der Waals surface area contributed by atoms with Gasteiger partial charge in [0.05, 0.1) is 0 Å². The number of hydrogen-bond donors (Lipinski definition) is 5. The number of H-pyrrole nitrogens is 1. The molecule has 0 spiro atoms. The number of nitrogens with two attached hydrogens (primary N) is 1. The van der Waals surface area contributed by atoms with Crippen LogP contribution >= 0.6 is 11.3 Å². The summed E-state index contributed by atoms with van der Waals surface area (Å²) < 4.78 is 5.34. The van der Waals surface area contributed by atoms with Gasteiger partial charge in [0, 0.05) is 34.8 Å². The lowest BCUT2D eigenvalue weighted by Gasteiger charge is -2.22. The van der Waals surface area contributed by atoms with Gasteiger partial charge in [0.25, 0.3) is 5.91 Å². The minimum Gasteiger partial charge on any atom is -0.445 e. The van der Waals surface area contributed by atoms with E-state index in [1.807, 2.05) is 72.1 Å². The van der Waals surface area contributed by atoms with E-state index in [9.17, 15) is 14.4 Å². The number of carbonyl (C=O) groups is 3. The highest BCUT2D eigenvalue weighted by Gasteiger charge is 2.28. The van der Waals surface area contributed by atoms with Gasteiger partial charge in [0.2, 0.25) is 5.91 Å². The van der Waals surface area contributed by atoms with Gasteiger partial charge in [-0.1, -0.05) is 54.6 Å². The number of hydrogen-bond acceptors (Lipinski definition) is 6. The smallest absolute Gasteiger partial charge is 0.408 e. The Morgan fingerprint density at radius 1 is 0.889 bits per heavy atom. The summed E-state index contributed by atoms with van der Waals surface area (Å²) in [4.78, 5) is 42.5. The second-order valence-electron chi connectivity index (χ2n) is 8.18. The number of hydrazine groups is 1. The first-order valence-electron chi connectivity index (χ1n) is 11.4. The summed E-state index contributed by atoms with van der Waals surface area (Å²) in [7, 11) is 0. The Morgan fingerprint density at radius 3 is 2.39 bits per heavy atom. The number of aromatic nitrogens is 1. The topological polar surface area (TPSA) is 138 Å². The fourth-order valence-corrected chi connectivity index (χ4v) is 4.60. The maximum atomic E-state index is 13.4. The molecule has 3 amide bonds. The molecule has 2 aromatic heterocycles. The van der Waals surface area contributed by atoms with E-state index in [1.54, 1.807) is 6.20 Å². The zero-order valence-corrected chi connectivity index (χ0v) is 20.2. The Bertz CT molecular complexity index is 1310. The third-order valence-corrected chi connectivity index (χ3v) is 6.58. The molecule has 4 aromatic rings. The number of nitrogens with one attached hydrogen (secondary N) is 4. The molecule has 0 saturated heterocycles. The standard InChI is InChI=1S/C26H27N5O4S/c27-31-25(33)23(14-19-9-6-12-36-19)29-24(32)22(13-18-15-28-21-11-5-4-10-20(18)21)30-26(34)35-16-17-7-2-1-3-8-17/h1-12,15,22-23,28H,13-14,16,27H2,(H,29,32)(H,30,34)(H,31,33). The number of thiophene rings is 1. The number of benzene rings is 2. The SMILES string of the molecule is NNC(=O)C(Cc1cccs1)NC(=O)C(Cc1c[nH]c2ccccc12)NC(=O)OCc1ccccc1. The lowest BCUT2D eigenvalue weighted by molar-refractivity contribution is -0.130. The van der Waals surface area contributed by atoms with Crippen molar-refractivity contribution in [3.8, 4) is 0 Å². The third kappa shape index (κ3) is 6.49. The highest BCUT2D eigenvalue weighted by Crippen LogP contribution is 2.19. The van der Waals surface area contributed by atoms with E-state index in [-0.39, 0.29) is 19.4 Å². The predicted molar refractivity (Wildman–Crippen MR) is 138 cm³/mol. The summed E-state index contributed by atoms with van der Waals surface area (Å²) in [5.41, 5.74) is 4.68. The maximum absolute atomic E-state index is 13.4. The highest BCUT2D eigenvalue weighted by molar-refractivity contribution is 7.09. The molecule has 6 N–H and O–H groups in total. The molecular weight excluding hydrogens is 478 g/mol. The highest BCUT2D eigenvalue weighted by atomic mass is 32.1. The predicted octanol–water partition coefficient (Wildman–Crippen LogP) is 2.78. The maximum Gasteiger partial charge on any atom is 0.408 e. The molecule has 0 radical (unpaired) electrons. The third-order valence-electron chi connectivity index (χ3n) is 5.68. The van der Waals surface area contributed by atoms with Gasteiger partial charge >= 0.3 is 6.09 Å². The van der Waals surface area contributed by atoms with Crippen LogP contribution in [-0.4, -0.2) is 35.0 Å². The quantitative estimate of drug-likeness (QED) is 0.128. The molecule has 186 valence electrons. The summed E-state index contributed by atoms with van der Waals surface area (Å²) >= 11 is 1.47. The normalized spacial score (nSPS) is 12.5. The molecule has 0 aliphatic heterocycles. The Balaban J connectivity index is 1.50. The molecule has 2 unspecified atom stereocenters. The zero-order chi connectivity index (χ0) is 25.3. The number of aromatic amines is 1. The van der Waals surface area contributed by atoms with Crippen molar-refractivity contribution >= 4 is 40.1 Å². The summed E-state index contributed by atoms with van der Waals surface area (Å²) in [6, 6.07) is 18.7. The second-order valence-corrected chi connectivity index (χ2v) is 9.21. The van der Waals surface area contributed by atoms with Crippen LogP contribution < -0.4 is 21.9 Å². The number of amides is 3. The summed E-state index contributed by atoms with van der Waals surface area (Å²) in [6.07, 6.45) is 1.52. The first kappa shape index (κ1) is 25.0. The van der Waals surface area contributed by atoms with Crippen LogP contribution in [0.5, 0.6) is 0 Å². The van der Waals surface area contributed by atoms with E-state index in [1.165, 1.54) is 11.3 Å². The van der Waals surface area contributed by atoms with Crippen molar-refractivity contribution in [3.63, 3.8) is 0 Å². The van der Waals surface area contributed by atoms with Gasteiger partial charge in [-0.15, -0.1) is 11.3 Å². The average molecular weight is 506 g/mol. The molecule has 0 saturated carbocycles. The van der Waals surface area contributed by atoms with E-state index in [0.29, 0.717) is 0 Å². The van der Waals surface area contributed by atoms with Crippen LogP contribution in [-0.2, 0) is 33.8 Å². The Hall–Kier alpha value is -4.15. The molecule has 4 rings (SSSR count). The van der Waals surface area contributed by atoms with Gasteiger partial charge in [-0.3, -0.25) is 15.0 Å². The number of alkyl carbamates (subject to hydrolysis) is 1. The first-order valence-corrected chi connectivity index (χ1v) is 12.3. The summed E-state index contributed by atoms with van der Waals surface area (Å²) in [5, 5.41) is 8.23. The molecule has 9 nitrogen and oxygen atoms in total. The van der Waals surface area contributed by atoms with Crippen LogP contribution in [0.3, 0.4) is 0 Å². The zero-order valence-electron chi connectivity index (χ0n) is 19.4. The molecule has 36 heavy (non-hydrogen) atoms. The van der Waals surface area contributed by atoms with E-state index in [4.69, 9.17) is 10.6 Å². The van der Waals surface area contributed by atoms with Crippen LogP contribution in [0.25, 0.3) is 10.9 Å². The molecule has 10 heteroatoms. The Morgan fingerprint density at radius 2 is 1.64 bits per heavy atom. The van der Waals surface area contributed by atoms with Crippen LogP contribution in [0.1, 0.15) is 16.0 Å². The minimum atomic E-state index is -0.996. The second kappa shape index (κ2) is 12.0. The molecule has 0 aliphatic rings. The number of rotatable bonds is 10. The minimum absolute atomic E-state index is 0.0602. The molecule has 2 aromatic carbocycles. The number of ether oxygens (including phenoxy) is 1. The van der Waals surface area contributed by atoms with E-state index < -0.39 is 30.0 Å². The number of fused-ring (bicyclic) bond motifs is 1. The Labute approximate surface area is 212 Å². The van der Waals surface area contributed by atoms with Gasteiger partial charge in [0.1, 0.15) is 18.7 Å². The first-order chi connectivity index (χ1) is 17.5. The van der Waals surface area contributed by atoms with Crippen molar-refractivity contribution in [1.29, 1.82) is 0 Å². The van der Waals surface area contributed by atoms with E-state index >= 15 is 0 Å². The molecule has 2 heterocycles. The average Bonchev–Trinajstić information content (AvgIpc) is 3.57. The monoisotopic (exact) mass is 505 g/mol. The molecule has 0 aliphatic carbocycles. The van der Waals surface area contributed by atoms with Gasteiger partial charge in [-0.05, 0) is 28.6 Å². The Kier molecular flexibility index (Phi) is 8.32. The van der Waals surface area contributed by atoms with Gasteiger partial charge in [-0.2, -0.15) is 0 Å². The van der Waals surface area contributed by atoms with Crippen LogP contribution in [0.4, 0.5) is 4.79 Å². The fourth-order valence-electron chi connectivity index (χ4n) is 3.85. The molecule has 0 bridgehead atoms. The van der Waals surface area contributed by atoms with Crippen LogP contribution in [0, 0.1) is 0 Å². The van der Waals surface area contributed by atoms with Crippen molar-refractivity contribution in [3.05, 3.63) is 94.3 Å². The van der Waals surface area contributed by atoms with Crippen molar-refractivity contribution in [2.75, 3.05) is 0 Å². The van der Waals surface area contributed by atoms with Crippen molar-refractivity contribution in [1.82, 2.24) is 21.0 Å². The van der Waals surface area contributed by atoms with Crippen molar-refractivity contribution < 1.29 is 19.1 Å². The van der Waals surface area contributed by atoms with Crippen LogP contribution in [0.15, 0.2) is 78.3 Å².